The Kier molecular flexibility index (Phi) is 22.0. The number of carbonyl (C=O) groups excluding carboxylic acids is 6. The summed E-state index contributed by atoms with van der Waals surface area (Å²) in [6.45, 7) is 0.440. The van der Waals surface area contributed by atoms with E-state index in [-0.39, 0.29) is 91.2 Å². The van der Waals surface area contributed by atoms with Crippen molar-refractivity contribution in [2.45, 2.75) is 36.6 Å². The van der Waals surface area contributed by atoms with Gasteiger partial charge in [0.25, 0.3) is 17.7 Å². The van der Waals surface area contributed by atoms with Crippen LogP contribution in [-0.2, 0) is 42.6 Å². The van der Waals surface area contributed by atoms with E-state index in [1.165, 1.54) is 78.5 Å². The number of hydrogen-bond acceptors (Lipinski definition) is 27. The SMILES string of the molecule is COC(=O)OCOc1c2n(ccc1=O)N([C@@H]1c3ccc(F)cc3-c3ccsc3-c3ccccc31)[C@@H]1COCCN1C2=O.COC(=O)OCOc1c2n(ccc1=O)N([C@@H]1c3ccccc3-c3sccc3-c3c(F)cccc31)[C@@H]1COCCN1C2=O.COC(=O)OCOc1c2n(ccc1=O)N([C@H]1c3ccc(F)cc3-c3ccsc3-c3ccccc31)[C@@H]1COCCN1C2=O. The minimum absolute atomic E-state index is 0.0192. The molecule has 6 aromatic carbocycles. The minimum atomic E-state index is -0.998. The van der Waals surface area contributed by atoms with E-state index in [1.807, 2.05) is 128 Å². The fourth-order valence-electron chi connectivity index (χ4n) is 18.0. The third kappa shape index (κ3) is 14.0. The molecule has 6 aromatic heterocycles. The van der Waals surface area contributed by atoms with Gasteiger partial charge >= 0.3 is 18.5 Å². The van der Waals surface area contributed by atoms with Gasteiger partial charge in [0, 0.05) is 93.3 Å². The molecule has 12 heterocycles. The number of halogens is 3. The van der Waals surface area contributed by atoms with Gasteiger partial charge in [0.2, 0.25) is 53.9 Å². The highest BCUT2D eigenvalue weighted by Crippen LogP contribution is 2.55. The molecule has 9 aliphatic rings. The molecular weight excluding hydrogens is 1700 g/mol. The molecule has 0 bridgehead atoms. The quantitative estimate of drug-likeness (QED) is 0.0623. The molecule has 3 saturated heterocycles. The Morgan fingerprint density at radius 3 is 1.06 bits per heavy atom. The van der Waals surface area contributed by atoms with Crippen LogP contribution in [0.4, 0.5) is 27.6 Å². The van der Waals surface area contributed by atoms with Gasteiger partial charge in [-0.05, 0) is 126 Å². The van der Waals surface area contributed by atoms with E-state index < -0.39 is 109 Å². The highest BCUT2D eigenvalue weighted by atomic mass is 32.1. The van der Waals surface area contributed by atoms with E-state index in [1.54, 1.807) is 69.6 Å². The lowest BCUT2D eigenvalue weighted by atomic mass is 9.92. The summed E-state index contributed by atoms with van der Waals surface area (Å²) in [4.78, 5) is 124. The zero-order valence-electron chi connectivity index (χ0n) is 67.0. The Hall–Kier alpha value is -14.0. The smallest absolute Gasteiger partial charge is 0.451 e. The van der Waals surface area contributed by atoms with Gasteiger partial charge in [-0.2, -0.15) is 0 Å². The third-order valence-corrected chi connectivity index (χ3v) is 26.1. The maximum Gasteiger partial charge on any atom is 0.510 e. The van der Waals surface area contributed by atoms with Crippen molar-refractivity contribution in [2.24, 2.45) is 0 Å². The summed E-state index contributed by atoms with van der Waals surface area (Å²) in [7, 11) is 3.44. The summed E-state index contributed by atoms with van der Waals surface area (Å²) in [5.41, 5.74) is 10.8. The van der Waals surface area contributed by atoms with E-state index in [4.69, 9.17) is 42.6 Å². The van der Waals surface area contributed by atoms with Crippen molar-refractivity contribution in [1.29, 1.82) is 0 Å². The number of benzene rings is 6. The number of amides is 3. The van der Waals surface area contributed by atoms with Crippen LogP contribution in [0.25, 0.3) is 64.7 Å². The standard InChI is InChI=1S/3C30H24FN3O7S/c1-38-30(37)41-16-40-27-22(35)9-11-33-26(27)29(36)32-12-13-39-15-23(32)34(33)25-17-5-2-3-6-18(17)28-20(10-14-42-28)24-19(25)7-4-8-21(24)31;2*1-38-30(37)41-16-40-27-23(35)8-10-33-26(27)29(36)32-11-12-39-15-24(32)34(33)25-18-4-2-3-5-20(18)28-21(9-13-42-28)22-14-17(31)6-7-19(22)25/h2-11,14,23,25H,12-13,15-16H2,1H3;2*2-10,13-14,24-25H,11-12,15-16H2,1H3/t23-,25-;24-,25+;24-,25-/m111/s1. The molecule has 126 heavy (non-hydrogen) atoms. The Labute approximate surface area is 725 Å². The number of rotatable bonds is 12. The monoisotopic (exact) mass is 1770 g/mol. The van der Waals surface area contributed by atoms with Crippen molar-refractivity contribution in [1.82, 2.24) is 28.7 Å². The largest absolute Gasteiger partial charge is 0.510 e. The topological polar surface area (TPSA) is 299 Å². The first-order valence-corrected chi connectivity index (χ1v) is 42.3. The van der Waals surface area contributed by atoms with Crippen LogP contribution in [-0.4, -0.2) is 184 Å². The average Bonchev–Trinajstić information content (AvgIpc) is 1.37. The lowest BCUT2D eigenvalue weighted by molar-refractivity contribution is -0.0210. The highest BCUT2D eigenvalue weighted by Gasteiger charge is 2.51. The zero-order chi connectivity index (χ0) is 86.9. The number of pyridine rings is 3. The molecule has 3 amide bonds. The van der Waals surface area contributed by atoms with E-state index in [0.717, 1.165) is 108 Å². The van der Waals surface area contributed by atoms with Crippen LogP contribution in [0.1, 0.15) is 83.0 Å². The molecule has 3 fully saturated rings. The van der Waals surface area contributed by atoms with Crippen LogP contribution in [0.3, 0.4) is 0 Å². The Morgan fingerprint density at radius 1 is 0.373 bits per heavy atom. The molecule has 0 N–H and O–H groups in total. The van der Waals surface area contributed by atoms with Gasteiger partial charge < -0.3 is 71.5 Å². The first-order valence-electron chi connectivity index (χ1n) is 39.6. The molecule has 6 atom stereocenters. The molecule has 21 rings (SSSR count). The van der Waals surface area contributed by atoms with Crippen molar-refractivity contribution in [3.05, 3.63) is 297 Å². The van der Waals surface area contributed by atoms with Crippen molar-refractivity contribution < 1.29 is 98.8 Å². The molecule has 12 aromatic rings. The fraction of sp³-hybridized carbons (Fsp3) is 0.233. The molecule has 30 nitrogen and oxygen atoms in total. The number of hydrogen-bond donors (Lipinski definition) is 0. The maximum absolute atomic E-state index is 15.8. The minimum Gasteiger partial charge on any atom is -0.451 e. The predicted octanol–water partition coefficient (Wildman–Crippen LogP) is 13.1. The molecule has 0 saturated carbocycles. The van der Waals surface area contributed by atoms with E-state index >= 15 is 4.39 Å². The van der Waals surface area contributed by atoms with Crippen molar-refractivity contribution in [3.63, 3.8) is 0 Å². The lowest BCUT2D eigenvalue weighted by Crippen LogP contribution is -2.66. The number of nitrogens with zero attached hydrogens (tertiary/aromatic N) is 9. The summed E-state index contributed by atoms with van der Waals surface area (Å²) in [6, 6.07) is 46.4. The van der Waals surface area contributed by atoms with Crippen LogP contribution in [0.15, 0.2) is 213 Å². The van der Waals surface area contributed by atoms with Gasteiger partial charge in [0.15, 0.2) is 17.1 Å². The summed E-state index contributed by atoms with van der Waals surface area (Å²) < 4.78 is 113. The van der Waals surface area contributed by atoms with Gasteiger partial charge in [-0.25, -0.2) is 27.6 Å². The van der Waals surface area contributed by atoms with Gasteiger partial charge in [0.1, 0.15) is 35.9 Å². The van der Waals surface area contributed by atoms with Gasteiger partial charge in [-0.15, -0.1) is 34.0 Å². The molecule has 3 aliphatic carbocycles. The van der Waals surface area contributed by atoms with Crippen molar-refractivity contribution >= 4 is 70.2 Å². The van der Waals surface area contributed by atoms with Crippen molar-refractivity contribution in [3.8, 4) is 82.0 Å². The second kappa shape index (κ2) is 33.9. The van der Waals surface area contributed by atoms with Gasteiger partial charge in [0.05, 0.1) is 79.1 Å². The van der Waals surface area contributed by atoms with Crippen LogP contribution in [0.2, 0.25) is 0 Å². The molecule has 6 aliphatic heterocycles. The predicted molar refractivity (Wildman–Crippen MR) is 452 cm³/mol. The van der Waals surface area contributed by atoms with E-state index in [2.05, 4.69) is 14.2 Å². The summed E-state index contributed by atoms with van der Waals surface area (Å²) in [6.07, 6.45) is -0.130. The van der Waals surface area contributed by atoms with Crippen LogP contribution in [0, 0.1) is 17.5 Å². The molecule has 0 spiro atoms. The average molecular weight is 1770 g/mol. The third-order valence-electron chi connectivity index (χ3n) is 23.2. The summed E-state index contributed by atoms with van der Waals surface area (Å²) in [5, 5.41) is 11.8. The number of fused-ring (bicyclic) bond motifs is 21. The first kappa shape index (κ1) is 81.6. The van der Waals surface area contributed by atoms with Crippen molar-refractivity contribution in [2.75, 3.05) is 116 Å². The van der Waals surface area contributed by atoms with Gasteiger partial charge in [-0.1, -0.05) is 97.1 Å². The normalized spacial score (nSPS) is 18.6. The number of ether oxygens (including phenoxy) is 12. The second-order valence-electron chi connectivity index (χ2n) is 29.6. The fourth-order valence-corrected chi connectivity index (χ4v) is 20.8. The Bertz CT molecular complexity index is 6330. The summed E-state index contributed by atoms with van der Waals surface area (Å²) in [5.74, 6) is -3.18. The molecule has 36 heteroatoms. The van der Waals surface area contributed by atoms with E-state index in [0.29, 0.717) is 30.9 Å². The molecule has 642 valence electrons. The van der Waals surface area contributed by atoms with Crippen LogP contribution in [0.5, 0.6) is 17.2 Å². The molecule has 0 unspecified atom stereocenters. The lowest BCUT2D eigenvalue weighted by Gasteiger charge is -2.51. The second-order valence-corrected chi connectivity index (χ2v) is 32.4. The summed E-state index contributed by atoms with van der Waals surface area (Å²) >= 11 is 4.69. The van der Waals surface area contributed by atoms with Crippen LogP contribution >= 0.6 is 34.0 Å². The van der Waals surface area contributed by atoms with E-state index in [9.17, 15) is 51.9 Å². The zero-order valence-corrected chi connectivity index (χ0v) is 69.4. The maximum atomic E-state index is 15.8. The van der Waals surface area contributed by atoms with Crippen LogP contribution < -0.4 is 45.5 Å². The highest BCUT2D eigenvalue weighted by molar-refractivity contribution is 7.15. The number of methoxy groups -OCH3 is 3. The number of carbonyl (C=O) groups is 6. The number of thiophene rings is 3. The Morgan fingerprint density at radius 2 is 0.698 bits per heavy atom. The molecule has 0 radical (unpaired) electrons. The first-order chi connectivity index (χ1) is 61.4. The van der Waals surface area contributed by atoms with Gasteiger partial charge in [-0.3, -0.25) is 57.8 Å². The Balaban J connectivity index is 0.000000123. The molecular formula is C90H72F3N9O21S3. The number of morpholine rings is 3. The number of aromatic nitrogens is 3.